The van der Waals surface area contributed by atoms with Gasteiger partial charge in [-0.1, -0.05) is 0 Å². The third-order valence-electron chi connectivity index (χ3n) is 4.77. The summed E-state index contributed by atoms with van der Waals surface area (Å²) >= 11 is 0. The van der Waals surface area contributed by atoms with Crippen molar-refractivity contribution in [3.63, 3.8) is 0 Å². The highest BCUT2D eigenvalue weighted by atomic mass is 16.5. The molecule has 3 rings (SSSR count). The summed E-state index contributed by atoms with van der Waals surface area (Å²) in [4.78, 5) is 30.3. The van der Waals surface area contributed by atoms with E-state index in [0.29, 0.717) is 23.6 Å². The zero-order valence-electron chi connectivity index (χ0n) is 14.4. The Kier molecular flexibility index (Phi) is 3.76. The zero-order valence-corrected chi connectivity index (χ0v) is 14.4. The van der Waals surface area contributed by atoms with Gasteiger partial charge < -0.3 is 24.1 Å². The number of carbonyl (C=O) groups is 2. The molecule has 1 aliphatic rings. The van der Waals surface area contributed by atoms with Crippen LogP contribution in [0.1, 0.15) is 22.8 Å². The van der Waals surface area contributed by atoms with Gasteiger partial charge in [0.05, 0.1) is 37.6 Å². The summed E-state index contributed by atoms with van der Waals surface area (Å²) in [6, 6.07) is 1.82. The van der Waals surface area contributed by atoms with Gasteiger partial charge in [0, 0.05) is 37.4 Å². The number of benzene rings is 1. The number of nitrogens with zero attached hydrogens (tertiary/aromatic N) is 1. The Balaban J connectivity index is 2.37. The molecule has 0 spiro atoms. The minimum Gasteiger partial charge on any atom is -0.494 e. The summed E-state index contributed by atoms with van der Waals surface area (Å²) in [6.45, 7) is 1.92. The van der Waals surface area contributed by atoms with Gasteiger partial charge in [-0.05, 0) is 6.92 Å². The van der Waals surface area contributed by atoms with Gasteiger partial charge in [0.25, 0.3) is 0 Å². The Morgan fingerprint density at radius 1 is 1.33 bits per heavy atom. The van der Waals surface area contributed by atoms with Crippen LogP contribution in [-0.2, 0) is 20.9 Å². The number of nitrogens with one attached hydrogen (secondary N) is 1. The van der Waals surface area contributed by atoms with Crippen molar-refractivity contribution in [3.05, 3.63) is 23.4 Å². The van der Waals surface area contributed by atoms with Crippen LogP contribution in [0.3, 0.4) is 0 Å². The summed E-state index contributed by atoms with van der Waals surface area (Å²) in [5.74, 6) is -0.398. The first kappa shape index (κ1) is 16.3. The molecule has 0 saturated heterocycles. The smallest absolute Gasteiger partial charge is 0.339 e. The molecule has 0 amide bonds. The quantitative estimate of drug-likeness (QED) is 0.680. The molecular formula is C17H20N2O5. The fourth-order valence-electron chi connectivity index (χ4n) is 3.36. The second-order valence-corrected chi connectivity index (χ2v) is 5.92. The number of hydrogen-bond acceptors (Lipinski definition) is 6. The highest BCUT2D eigenvalue weighted by molar-refractivity contribution is 6.30. The Bertz CT molecular complexity index is 841. The molecule has 1 unspecified atom stereocenters. The number of ether oxygens (including phenoxy) is 3. The van der Waals surface area contributed by atoms with Crippen molar-refractivity contribution in [2.24, 2.45) is 0 Å². The lowest BCUT2D eigenvalue weighted by Crippen LogP contribution is -2.53. The van der Waals surface area contributed by atoms with Crippen molar-refractivity contribution in [3.8, 4) is 5.75 Å². The molecule has 0 fully saturated rings. The topological polar surface area (TPSA) is 80.9 Å². The van der Waals surface area contributed by atoms with Crippen LogP contribution in [0.2, 0.25) is 0 Å². The maximum atomic E-state index is 13.2. The number of aromatic amines is 1. The first-order chi connectivity index (χ1) is 11.4. The average Bonchev–Trinajstić information content (AvgIpc) is 3.07. The van der Waals surface area contributed by atoms with Crippen LogP contribution in [0, 0.1) is 0 Å². The number of Topliss-reactive ketones (excluding diaryl/α,β-unsaturated/α-hetero) is 1. The number of aromatic nitrogens is 1. The van der Waals surface area contributed by atoms with Gasteiger partial charge in [0.1, 0.15) is 5.75 Å². The summed E-state index contributed by atoms with van der Waals surface area (Å²) in [5.41, 5.74) is 1.21. The maximum absolute atomic E-state index is 13.2. The van der Waals surface area contributed by atoms with E-state index in [9.17, 15) is 9.59 Å². The molecule has 0 saturated carbocycles. The number of hydrogen-bond donors (Lipinski definition) is 1. The van der Waals surface area contributed by atoms with Gasteiger partial charge in [0.15, 0.2) is 5.54 Å². The lowest BCUT2D eigenvalue weighted by atomic mass is 9.92. The number of carbonyl (C=O) groups excluding carboxylic acids is 2. The van der Waals surface area contributed by atoms with Gasteiger partial charge in [-0.3, -0.25) is 4.79 Å². The Labute approximate surface area is 139 Å². The average molecular weight is 332 g/mol. The molecule has 2 aromatic rings. The molecule has 128 valence electrons. The zero-order chi connectivity index (χ0) is 17.6. The molecular weight excluding hydrogens is 312 g/mol. The van der Waals surface area contributed by atoms with Crippen LogP contribution in [0.25, 0.3) is 10.9 Å². The predicted octanol–water partition coefficient (Wildman–Crippen LogP) is 1.89. The maximum Gasteiger partial charge on any atom is 0.339 e. The SMILES string of the molecule is COCc1c[nH]c2cc(OC)c3c(c12)C(=O)C(C)(C(=O)OC)N3C. The molecule has 1 aromatic carbocycles. The Morgan fingerprint density at radius 3 is 2.62 bits per heavy atom. The van der Waals surface area contributed by atoms with Crippen molar-refractivity contribution in [1.82, 2.24) is 4.98 Å². The largest absolute Gasteiger partial charge is 0.494 e. The molecule has 0 bridgehead atoms. The Morgan fingerprint density at radius 2 is 2.04 bits per heavy atom. The Hall–Kier alpha value is -2.54. The van der Waals surface area contributed by atoms with Crippen molar-refractivity contribution in [1.29, 1.82) is 0 Å². The first-order valence-corrected chi connectivity index (χ1v) is 7.48. The number of ketones is 1. The van der Waals surface area contributed by atoms with Crippen molar-refractivity contribution < 1.29 is 23.8 Å². The lowest BCUT2D eigenvalue weighted by Gasteiger charge is -2.29. The van der Waals surface area contributed by atoms with Crippen molar-refractivity contribution >= 4 is 28.3 Å². The van der Waals surface area contributed by atoms with E-state index < -0.39 is 11.5 Å². The van der Waals surface area contributed by atoms with Gasteiger partial charge in [0.2, 0.25) is 5.78 Å². The number of anilines is 1. The van der Waals surface area contributed by atoms with E-state index in [0.717, 1.165) is 16.5 Å². The third kappa shape index (κ3) is 1.88. The van der Waals surface area contributed by atoms with Crippen LogP contribution in [0.4, 0.5) is 5.69 Å². The van der Waals surface area contributed by atoms with E-state index >= 15 is 0 Å². The highest BCUT2D eigenvalue weighted by Crippen LogP contribution is 2.48. The van der Waals surface area contributed by atoms with E-state index in [1.54, 1.807) is 32.2 Å². The lowest BCUT2D eigenvalue weighted by molar-refractivity contribution is -0.144. The normalized spacial score (nSPS) is 19.7. The third-order valence-corrected chi connectivity index (χ3v) is 4.77. The number of methoxy groups -OCH3 is 3. The van der Waals surface area contributed by atoms with E-state index in [4.69, 9.17) is 14.2 Å². The van der Waals surface area contributed by atoms with E-state index in [-0.39, 0.29) is 5.78 Å². The van der Waals surface area contributed by atoms with E-state index in [2.05, 4.69) is 4.98 Å². The van der Waals surface area contributed by atoms with Gasteiger partial charge >= 0.3 is 5.97 Å². The number of esters is 1. The standard InChI is InChI=1S/C17H20N2O5/c1-17(16(21)24-5)15(20)13-12-9(8-22-3)7-18-10(12)6-11(23-4)14(13)19(17)2/h6-7,18H,8H2,1-5H3. The summed E-state index contributed by atoms with van der Waals surface area (Å²) < 4.78 is 15.6. The molecule has 0 aliphatic carbocycles. The second kappa shape index (κ2) is 5.52. The monoisotopic (exact) mass is 332 g/mol. The fourth-order valence-corrected chi connectivity index (χ4v) is 3.36. The van der Waals surface area contributed by atoms with Gasteiger partial charge in [-0.15, -0.1) is 0 Å². The fraction of sp³-hybridized carbons (Fsp3) is 0.412. The molecule has 24 heavy (non-hydrogen) atoms. The number of H-pyrrole nitrogens is 1. The van der Waals surface area contributed by atoms with Crippen LogP contribution >= 0.6 is 0 Å². The van der Waals surface area contributed by atoms with E-state index in [1.165, 1.54) is 14.2 Å². The molecule has 7 nitrogen and oxygen atoms in total. The first-order valence-electron chi connectivity index (χ1n) is 7.48. The summed E-state index contributed by atoms with van der Waals surface area (Å²) in [5, 5.41) is 0.747. The van der Waals surface area contributed by atoms with Gasteiger partial charge in [-0.2, -0.15) is 0 Å². The van der Waals surface area contributed by atoms with Crippen molar-refractivity contribution in [2.75, 3.05) is 33.3 Å². The van der Waals surface area contributed by atoms with Crippen LogP contribution < -0.4 is 9.64 Å². The van der Waals surface area contributed by atoms with E-state index in [1.807, 2.05) is 6.07 Å². The minimum absolute atomic E-state index is 0.312. The second-order valence-electron chi connectivity index (χ2n) is 5.92. The number of fused-ring (bicyclic) bond motifs is 3. The van der Waals surface area contributed by atoms with Gasteiger partial charge in [-0.25, -0.2) is 4.79 Å². The number of rotatable bonds is 4. The minimum atomic E-state index is -1.43. The summed E-state index contributed by atoms with van der Waals surface area (Å²) in [7, 11) is 6.09. The molecule has 2 heterocycles. The molecule has 1 N–H and O–H groups in total. The molecule has 1 atom stereocenters. The van der Waals surface area contributed by atoms with Crippen LogP contribution in [-0.4, -0.2) is 50.7 Å². The molecule has 0 radical (unpaired) electrons. The van der Waals surface area contributed by atoms with Crippen LogP contribution in [0.15, 0.2) is 12.3 Å². The number of likely N-dealkylation sites (N-methyl/N-ethyl adjacent to an activating group) is 1. The highest BCUT2D eigenvalue weighted by Gasteiger charge is 2.55. The molecule has 1 aromatic heterocycles. The van der Waals surface area contributed by atoms with Crippen molar-refractivity contribution in [2.45, 2.75) is 19.1 Å². The van der Waals surface area contributed by atoms with Crippen LogP contribution in [0.5, 0.6) is 5.75 Å². The molecule has 7 heteroatoms. The predicted molar refractivity (Wildman–Crippen MR) is 88.7 cm³/mol. The summed E-state index contributed by atoms with van der Waals surface area (Å²) in [6.07, 6.45) is 1.80. The molecule has 1 aliphatic heterocycles.